The van der Waals surface area contributed by atoms with Crippen LogP contribution in [-0.2, 0) is 29.1 Å². The highest BCUT2D eigenvalue weighted by Gasteiger charge is 2.54. The zero-order chi connectivity index (χ0) is 31.8. The van der Waals surface area contributed by atoms with Gasteiger partial charge in [0.1, 0.15) is 23.2 Å². The second kappa shape index (κ2) is 14.4. The van der Waals surface area contributed by atoms with Crippen molar-refractivity contribution in [2.75, 3.05) is 12.3 Å². The van der Waals surface area contributed by atoms with Gasteiger partial charge in [0, 0.05) is 12.2 Å². The fraction of sp³-hybridized carbons (Fsp3) is 0.667. The summed E-state index contributed by atoms with van der Waals surface area (Å²) in [5.74, 6) is -1.74. The predicted molar refractivity (Wildman–Crippen MR) is 162 cm³/mol. The molecule has 5 N–H and O–H groups in total. The number of nitrogens with two attached hydrogens (primary N) is 1. The zero-order valence-electron chi connectivity index (χ0n) is 25.7. The van der Waals surface area contributed by atoms with Gasteiger partial charge in [-0.25, -0.2) is 17.9 Å². The van der Waals surface area contributed by atoms with E-state index in [4.69, 9.17) is 10.5 Å². The molecule has 0 unspecified atom stereocenters. The lowest BCUT2D eigenvalue weighted by Crippen LogP contribution is -2.57. The van der Waals surface area contributed by atoms with Crippen molar-refractivity contribution < 1.29 is 32.3 Å². The smallest absolute Gasteiger partial charge is 0.408 e. The van der Waals surface area contributed by atoms with Gasteiger partial charge in [-0.3, -0.25) is 14.4 Å². The van der Waals surface area contributed by atoms with Gasteiger partial charge in [-0.15, -0.1) is 0 Å². The number of hydrogen-bond acceptors (Lipinski definition) is 8. The summed E-state index contributed by atoms with van der Waals surface area (Å²) in [6, 6.07) is 3.70. The molecule has 0 aromatic heterocycles. The van der Waals surface area contributed by atoms with Crippen LogP contribution in [0.3, 0.4) is 0 Å². The van der Waals surface area contributed by atoms with Gasteiger partial charge < -0.3 is 26.0 Å². The van der Waals surface area contributed by atoms with Crippen LogP contribution in [0.4, 0.5) is 10.5 Å². The number of benzene rings is 1. The van der Waals surface area contributed by atoms with Gasteiger partial charge in [0.05, 0.1) is 4.90 Å². The van der Waals surface area contributed by atoms with Crippen LogP contribution in [0.5, 0.6) is 0 Å². The van der Waals surface area contributed by atoms with Crippen LogP contribution in [0.15, 0.2) is 29.2 Å². The molecule has 2 fully saturated rings. The molecule has 13 heteroatoms. The van der Waals surface area contributed by atoms with Crippen LogP contribution < -0.4 is 21.1 Å². The Hall–Kier alpha value is -3.35. The van der Waals surface area contributed by atoms with E-state index in [0.29, 0.717) is 31.5 Å². The number of carbonyl (C=O) groups excluding carboxylic acids is 4. The van der Waals surface area contributed by atoms with E-state index < -0.39 is 51.2 Å². The molecule has 1 aromatic rings. The van der Waals surface area contributed by atoms with Gasteiger partial charge in [0.25, 0.3) is 15.9 Å². The molecule has 1 aliphatic carbocycles. The summed E-state index contributed by atoms with van der Waals surface area (Å²) < 4.78 is 32.9. The van der Waals surface area contributed by atoms with E-state index in [1.807, 2.05) is 0 Å². The monoisotopic (exact) mass is 621 g/mol. The van der Waals surface area contributed by atoms with Crippen molar-refractivity contribution in [2.45, 2.75) is 126 Å². The summed E-state index contributed by atoms with van der Waals surface area (Å²) >= 11 is 0. The maximum absolute atomic E-state index is 13.7. The molecule has 4 amide bonds. The van der Waals surface area contributed by atoms with Gasteiger partial charge >= 0.3 is 6.09 Å². The summed E-state index contributed by atoms with van der Waals surface area (Å²) in [4.78, 5) is 54.1. The summed E-state index contributed by atoms with van der Waals surface area (Å²) in [6.07, 6.45) is 7.27. The van der Waals surface area contributed by atoms with Gasteiger partial charge in [0.2, 0.25) is 11.8 Å². The molecule has 2 aliphatic rings. The third-order valence-electron chi connectivity index (χ3n) is 7.64. The van der Waals surface area contributed by atoms with Crippen LogP contribution in [0.25, 0.3) is 0 Å². The van der Waals surface area contributed by atoms with E-state index in [1.165, 1.54) is 29.2 Å². The Morgan fingerprint density at radius 2 is 1.67 bits per heavy atom. The molecule has 1 saturated heterocycles. The first-order valence-corrected chi connectivity index (χ1v) is 16.7. The lowest BCUT2D eigenvalue weighted by Gasteiger charge is -2.30. The molecule has 3 rings (SSSR count). The average Bonchev–Trinajstić information content (AvgIpc) is 3.53. The highest BCUT2D eigenvalue weighted by molar-refractivity contribution is 7.90. The standard InChI is InChI=1S/C30H47N5O7S/c1-5-6-7-8-9-10-12-23(32-28(39)42-29(2,3)4)26(37)35-20-11-13-24(35)25(36)33-30(18-19-30)27(38)34-43(40,41)22-16-14-21(31)15-17-22/h14-17,23-24H,5-13,18-20,31H2,1-4H3,(H,32,39)(H,33,36)(H,34,38)/t23-,24-/m0/s1. The van der Waals surface area contributed by atoms with Crippen LogP contribution >= 0.6 is 0 Å². The van der Waals surface area contributed by atoms with E-state index in [9.17, 15) is 27.6 Å². The third-order valence-corrected chi connectivity index (χ3v) is 8.99. The molecular formula is C30H47N5O7S. The molecular weight excluding hydrogens is 574 g/mol. The van der Waals surface area contributed by atoms with Gasteiger partial charge in [-0.1, -0.05) is 45.4 Å². The molecule has 1 aromatic carbocycles. The maximum atomic E-state index is 13.7. The Labute approximate surface area is 254 Å². The number of alkyl carbamates (subject to hydrolysis) is 1. The number of sulfonamides is 1. The van der Waals surface area contributed by atoms with Crippen molar-refractivity contribution in [3.05, 3.63) is 24.3 Å². The molecule has 43 heavy (non-hydrogen) atoms. The quantitative estimate of drug-likeness (QED) is 0.180. The van der Waals surface area contributed by atoms with E-state index in [2.05, 4.69) is 22.3 Å². The molecule has 1 aliphatic heterocycles. The van der Waals surface area contributed by atoms with Crippen molar-refractivity contribution in [1.82, 2.24) is 20.3 Å². The van der Waals surface area contributed by atoms with Crippen LogP contribution in [0, 0.1) is 0 Å². The topological polar surface area (TPSA) is 177 Å². The first-order chi connectivity index (χ1) is 20.2. The molecule has 240 valence electrons. The summed E-state index contributed by atoms with van der Waals surface area (Å²) in [5.41, 5.74) is 3.89. The van der Waals surface area contributed by atoms with Crippen molar-refractivity contribution in [1.29, 1.82) is 0 Å². The maximum Gasteiger partial charge on any atom is 0.408 e. The Kier molecular flexibility index (Phi) is 11.4. The fourth-order valence-electron chi connectivity index (χ4n) is 5.12. The van der Waals surface area contributed by atoms with Gasteiger partial charge in [-0.05, 0) is 77.1 Å². The molecule has 1 saturated carbocycles. The molecule has 12 nitrogen and oxygen atoms in total. The van der Waals surface area contributed by atoms with E-state index in [0.717, 1.165) is 38.5 Å². The molecule has 0 spiro atoms. The number of nitrogens with one attached hydrogen (secondary N) is 3. The first kappa shape index (κ1) is 34.1. The average molecular weight is 622 g/mol. The number of unbranched alkanes of at least 4 members (excludes halogenated alkanes) is 5. The van der Waals surface area contributed by atoms with E-state index >= 15 is 0 Å². The van der Waals surface area contributed by atoms with Crippen LogP contribution in [-0.4, -0.2) is 66.9 Å². The van der Waals surface area contributed by atoms with E-state index in [-0.39, 0.29) is 23.6 Å². The zero-order valence-corrected chi connectivity index (χ0v) is 26.6. The molecule has 1 heterocycles. The predicted octanol–water partition coefficient (Wildman–Crippen LogP) is 3.36. The van der Waals surface area contributed by atoms with Gasteiger partial charge in [0.15, 0.2) is 0 Å². The Morgan fingerprint density at radius 3 is 2.28 bits per heavy atom. The molecule has 0 bridgehead atoms. The largest absolute Gasteiger partial charge is 0.444 e. The minimum atomic E-state index is -4.17. The number of nitrogens with zero attached hydrogens (tertiary/aromatic N) is 1. The first-order valence-electron chi connectivity index (χ1n) is 15.2. The molecule has 2 atom stereocenters. The fourth-order valence-corrected chi connectivity index (χ4v) is 6.17. The van der Waals surface area contributed by atoms with Crippen molar-refractivity contribution >= 4 is 39.5 Å². The van der Waals surface area contributed by atoms with Gasteiger partial charge in [-0.2, -0.15) is 0 Å². The van der Waals surface area contributed by atoms with Crippen molar-refractivity contribution in [2.24, 2.45) is 0 Å². The number of nitrogen functional groups attached to an aromatic ring is 1. The van der Waals surface area contributed by atoms with Crippen LogP contribution in [0.2, 0.25) is 0 Å². The Bertz CT molecular complexity index is 1260. The minimum absolute atomic E-state index is 0.126. The normalized spacial score (nSPS) is 18.4. The number of ether oxygens (including phenoxy) is 1. The highest BCUT2D eigenvalue weighted by Crippen LogP contribution is 2.37. The second-order valence-electron chi connectivity index (χ2n) is 12.5. The van der Waals surface area contributed by atoms with Crippen LogP contribution in [0.1, 0.15) is 98.3 Å². The van der Waals surface area contributed by atoms with Crippen molar-refractivity contribution in [3.63, 3.8) is 0 Å². The summed E-state index contributed by atoms with van der Waals surface area (Å²) in [6.45, 7) is 7.68. The minimum Gasteiger partial charge on any atom is -0.444 e. The number of rotatable bonds is 14. The summed E-state index contributed by atoms with van der Waals surface area (Å²) in [7, 11) is -4.17. The molecule has 0 radical (unpaired) electrons. The summed E-state index contributed by atoms with van der Waals surface area (Å²) in [5, 5.41) is 5.43. The number of carbonyl (C=O) groups is 4. The highest BCUT2D eigenvalue weighted by atomic mass is 32.2. The lowest BCUT2D eigenvalue weighted by molar-refractivity contribution is -0.141. The Morgan fingerprint density at radius 1 is 1.05 bits per heavy atom. The lowest BCUT2D eigenvalue weighted by atomic mass is 10.0. The number of likely N-dealkylation sites (tertiary alicyclic amines) is 1. The number of anilines is 1. The Balaban J connectivity index is 1.66. The van der Waals surface area contributed by atoms with E-state index in [1.54, 1.807) is 20.8 Å². The number of amides is 4. The second-order valence-corrected chi connectivity index (χ2v) is 14.2. The SMILES string of the molecule is CCCCCCCC[C@H](NC(=O)OC(C)(C)C)C(=O)N1CCC[C@H]1C(=O)NC1(C(=O)NS(=O)(=O)c2ccc(N)cc2)CC1. The number of hydrogen-bond donors (Lipinski definition) is 4. The third kappa shape index (κ3) is 9.84. The van der Waals surface area contributed by atoms with Crippen molar-refractivity contribution in [3.8, 4) is 0 Å².